The van der Waals surface area contributed by atoms with Crippen LogP contribution >= 0.6 is 11.3 Å². The van der Waals surface area contributed by atoms with Crippen LogP contribution in [0.3, 0.4) is 0 Å². The second kappa shape index (κ2) is 5.89. The summed E-state index contributed by atoms with van der Waals surface area (Å²) < 4.78 is 2.10. The Morgan fingerprint density at radius 1 is 1.38 bits per heavy atom. The van der Waals surface area contributed by atoms with E-state index in [1.165, 1.54) is 29.1 Å². The summed E-state index contributed by atoms with van der Waals surface area (Å²) in [5.41, 5.74) is 4.87. The molecule has 1 fully saturated rings. The maximum absolute atomic E-state index is 4.71. The fraction of sp³-hybridized carbons (Fsp3) is 0.625. The Balaban J connectivity index is 1.73. The van der Waals surface area contributed by atoms with Crippen LogP contribution in [0.4, 0.5) is 0 Å². The highest BCUT2D eigenvalue weighted by atomic mass is 32.1. The van der Waals surface area contributed by atoms with Crippen LogP contribution in [-0.4, -0.2) is 20.8 Å². The molecular weight excluding hydrogens is 280 g/mol. The van der Waals surface area contributed by atoms with Gasteiger partial charge in [0.05, 0.1) is 22.9 Å². The van der Waals surface area contributed by atoms with Crippen molar-refractivity contribution in [3.8, 4) is 0 Å². The monoisotopic (exact) mass is 304 g/mol. The molecule has 2 aromatic heterocycles. The Morgan fingerprint density at radius 3 is 2.76 bits per heavy atom. The molecule has 0 aromatic carbocycles. The number of rotatable bonds is 6. The van der Waals surface area contributed by atoms with Gasteiger partial charge >= 0.3 is 0 Å². The van der Waals surface area contributed by atoms with Crippen LogP contribution in [0.25, 0.3) is 0 Å². The number of hydrogen-bond donors (Lipinski definition) is 1. The lowest BCUT2D eigenvalue weighted by Crippen LogP contribution is -2.16. The Hall–Kier alpha value is -1.20. The number of aromatic nitrogens is 3. The summed E-state index contributed by atoms with van der Waals surface area (Å²) in [6, 6.07) is 0.735. The van der Waals surface area contributed by atoms with Gasteiger partial charge in [-0.15, -0.1) is 11.3 Å². The summed E-state index contributed by atoms with van der Waals surface area (Å²) in [4.78, 5) is 4.71. The third-order valence-corrected chi connectivity index (χ3v) is 5.25. The van der Waals surface area contributed by atoms with Crippen LogP contribution in [0.15, 0.2) is 5.38 Å². The van der Waals surface area contributed by atoms with Crippen LogP contribution in [0, 0.1) is 13.8 Å². The standard InChI is InChI=1S/C16H24N4S/c1-10(2)16-18-14(9-21-16)8-20-12(4)15(11(3)19-20)7-17-13-5-6-13/h9-10,13,17H,5-8H2,1-4H3. The van der Waals surface area contributed by atoms with Crippen LogP contribution in [0.5, 0.6) is 0 Å². The summed E-state index contributed by atoms with van der Waals surface area (Å²) in [5, 5.41) is 11.7. The van der Waals surface area contributed by atoms with Gasteiger partial charge in [0.2, 0.25) is 0 Å². The first-order valence-electron chi connectivity index (χ1n) is 7.75. The molecular formula is C16H24N4S. The number of nitrogens with one attached hydrogen (secondary N) is 1. The zero-order valence-electron chi connectivity index (χ0n) is 13.3. The lowest BCUT2D eigenvalue weighted by Gasteiger charge is -2.05. The molecule has 1 saturated carbocycles. The summed E-state index contributed by atoms with van der Waals surface area (Å²) in [5.74, 6) is 0.502. The molecule has 1 aliphatic rings. The van der Waals surface area contributed by atoms with E-state index in [0.717, 1.165) is 30.5 Å². The molecule has 4 nitrogen and oxygen atoms in total. The fourth-order valence-corrected chi connectivity index (χ4v) is 3.32. The maximum Gasteiger partial charge on any atom is 0.0954 e. The third-order valence-electron chi connectivity index (χ3n) is 4.05. The Kier molecular flexibility index (Phi) is 4.13. The molecule has 0 aliphatic heterocycles. The molecule has 0 unspecified atom stereocenters. The zero-order valence-corrected chi connectivity index (χ0v) is 14.1. The summed E-state index contributed by atoms with van der Waals surface area (Å²) >= 11 is 1.75. The van der Waals surface area contributed by atoms with Crippen molar-refractivity contribution < 1.29 is 0 Å². The normalized spacial score (nSPS) is 15.1. The molecule has 0 saturated heterocycles. The molecule has 0 bridgehead atoms. The van der Waals surface area contributed by atoms with Crippen molar-refractivity contribution in [2.45, 2.75) is 65.6 Å². The summed E-state index contributed by atoms with van der Waals surface area (Å²) in [6.45, 7) is 10.4. The second-order valence-corrected chi connectivity index (χ2v) is 7.18. The van der Waals surface area contributed by atoms with Crippen LogP contribution in [0.1, 0.15) is 60.3 Å². The van der Waals surface area contributed by atoms with E-state index in [1.807, 2.05) is 0 Å². The minimum Gasteiger partial charge on any atom is -0.310 e. The van der Waals surface area contributed by atoms with Crippen molar-refractivity contribution in [3.63, 3.8) is 0 Å². The minimum atomic E-state index is 0.502. The fourth-order valence-electron chi connectivity index (χ4n) is 2.49. The van der Waals surface area contributed by atoms with E-state index >= 15 is 0 Å². The first-order valence-corrected chi connectivity index (χ1v) is 8.63. The predicted octanol–water partition coefficient (Wildman–Crippen LogP) is 3.38. The van der Waals surface area contributed by atoms with Crippen molar-refractivity contribution >= 4 is 11.3 Å². The van der Waals surface area contributed by atoms with Crippen molar-refractivity contribution in [1.82, 2.24) is 20.1 Å². The molecule has 2 heterocycles. The van der Waals surface area contributed by atoms with Crippen LogP contribution in [0.2, 0.25) is 0 Å². The molecule has 0 spiro atoms. The Morgan fingerprint density at radius 2 is 2.14 bits per heavy atom. The smallest absolute Gasteiger partial charge is 0.0954 e. The highest BCUT2D eigenvalue weighted by Crippen LogP contribution is 2.22. The average Bonchev–Trinajstić information content (AvgIpc) is 3.07. The van der Waals surface area contributed by atoms with Gasteiger partial charge in [-0.25, -0.2) is 4.98 Å². The van der Waals surface area contributed by atoms with Gasteiger partial charge in [0.25, 0.3) is 0 Å². The number of hydrogen-bond acceptors (Lipinski definition) is 4. The van der Waals surface area contributed by atoms with E-state index < -0.39 is 0 Å². The first-order chi connectivity index (χ1) is 10.0. The highest BCUT2D eigenvalue weighted by molar-refractivity contribution is 7.09. The van der Waals surface area contributed by atoms with Crippen molar-refractivity contribution in [3.05, 3.63) is 33.0 Å². The van der Waals surface area contributed by atoms with Gasteiger partial charge in [0, 0.05) is 35.1 Å². The molecule has 5 heteroatoms. The molecule has 114 valence electrons. The molecule has 0 radical (unpaired) electrons. The maximum atomic E-state index is 4.71. The van der Waals surface area contributed by atoms with E-state index in [-0.39, 0.29) is 0 Å². The molecule has 1 N–H and O–H groups in total. The Bertz CT molecular complexity index is 622. The van der Waals surface area contributed by atoms with Crippen LogP contribution < -0.4 is 5.32 Å². The minimum absolute atomic E-state index is 0.502. The van der Waals surface area contributed by atoms with Crippen molar-refractivity contribution in [2.24, 2.45) is 0 Å². The lowest BCUT2D eigenvalue weighted by molar-refractivity contribution is 0.641. The van der Waals surface area contributed by atoms with Crippen molar-refractivity contribution in [2.75, 3.05) is 0 Å². The molecule has 2 aromatic rings. The lowest BCUT2D eigenvalue weighted by atomic mass is 10.2. The zero-order chi connectivity index (χ0) is 15.0. The van der Waals surface area contributed by atoms with Gasteiger partial charge in [-0.3, -0.25) is 4.68 Å². The molecule has 1 aliphatic carbocycles. The van der Waals surface area contributed by atoms with Crippen LogP contribution in [-0.2, 0) is 13.1 Å². The van der Waals surface area contributed by atoms with E-state index in [9.17, 15) is 0 Å². The van der Waals surface area contributed by atoms with Gasteiger partial charge in [0.15, 0.2) is 0 Å². The predicted molar refractivity (Wildman–Crippen MR) is 86.9 cm³/mol. The average molecular weight is 304 g/mol. The first kappa shape index (κ1) is 14.7. The molecule has 3 rings (SSSR count). The highest BCUT2D eigenvalue weighted by Gasteiger charge is 2.21. The molecule has 0 amide bonds. The van der Waals surface area contributed by atoms with E-state index in [0.29, 0.717) is 5.92 Å². The summed E-state index contributed by atoms with van der Waals surface area (Å²) in [7, 11) is 0. The Labute approximate surface area is 130 Å². The number of nitrogens with zero attached hydrogens (tertiary/aromatic N) is 3. The van der Waals surface area contributed by atoms with Gasteiger partial charge in [-0.2, -0.15) is 5.10 Å². The third kappa shape index (κ3) is 3.35. The van der Waals surface area contributed by atoms with Crippen molar-refractivity contribution in [1.29, 1.82) is 0 Å². The van der Waals surface area contributed by atoms with E-state index in [2.05, 4.69) is 43.1 Å². The van der Waals surface area contributed by atoms with Gasteiger partial charge in [-0.1, -0.05) is 13.8 Å². The summed E-state index contributed by atoms with van der Waals surface area (Å²) in [6.07, 6.45) is 2.64. The number of aryl methyl sites for hydroxylation is 1. The van der Waals surface area contributed by atoms with E-state index in [4.69, 9.17) is 10.1 Å². The molecule has 0 atom stereocenters. The van der Waals surface area contributed by atoms with E-state index in [1.54, 1.807) is 11.3 Å². The van der Waals surface area contributed by atoms with Gasteiger partial charge in [0.1, 0.15) is 0 Å². The number of thiazole rings is 1. The van der Waals surface area contributed by atoms with Gasteiger partial charge in [-0.05, 0) is 26.7 Å². The molecule has 21 heavy (non-hydrogen) atoms. The topological polar surface area (TPSA) is 42.7 Å². The quantitative estimate of drug-likeness (QED) is 0.889. The second-order valence-electron chi connectivity index (χ2n) is 6.29. The largest absolute Gasteiger partial charge is 0.310 e. The SMILES string of the molecule is Cc1nn(Cc2csc(C(C)C)n2)c(C)c1CNC1CC1. The van der Waals surface area contributed by atoms with Gasteiger partial charge < -0.3 is 5.32 Å².